The fourth-order valence-corrected chi connectivity index (χ4v) is 3.40. The van der Waals surface area contributed by atoms with Crippen molar-refractivity contribution < 1.29 is 4.39 Å². The molecule has 0 aliphatic carbocycles. The monoisotopic (exact) mass is 316 g/mol. The van der Waals surface area contributed by atoms with Crippen molar-refractivity contribution in [2.24, 2.45) is 0 Å². The molecular formula is C16H13FN2S2. The van der Waals surface area contributed by atoms with Crippen LogP contribution in [0.3, 0.4) is 0 Å². The first-order valence-electron chi connectivity index (χ1n) is 6.57. The van der Waals surface area contributed by atoms with Gasteiger partial charge in [-0.1, -0.05) is 6.92 Å². The van der Waals surface area contributed by atoms with Crippen LogP contribution in [0.15, 0.2) is 53.0 Å². The van der Waals surface area contributed by atoms with Crippen molar-refractivity contribution in [3.8, 4) is 21.8 Å². The van der Waals surface area contributed by atoms with Crippen molar-refractivity contribution in [2.75, 3.05) is 5.75 Å². The predicted molar refractivity (Wildman–Crippen MR) is 87.1 cm³/mol. The van der Waals surface area contributed by atoms with Gasteiger partial charge in [-0.25, -0.2) is 14.4 Å². The van der Waals surface area contributed by atoms with Crippen molar-refractivity contribution in [1.82, 2.24) is 9.97 Å². The van der Waals surface area contributed by atoms with Crippen LogP contribution in [0.5, 0.6) is 0 Å². The largest absolute Gasteiger partial charge is 0.250 e. The van der Waals surface area contributed by atoms with Gasteiger partial charge in [0.05, 0.1) is 10.7 Å². The maximum atomic E-state index is 13.0. The number of hydrogen-bond acceptors (Lipinski definition) is 4. The Labute approximate surface area is 131 Å². The lowest BCUT2D eigenvalue weighted by atomic mass is 10.2. The Bertz CT molecular complexity index is 738. The topological polar surface area (TPSA) is 25.8 Å². The zero-order valence-electron chi connectivity index (χ0n) is 11.4. The fourth-order valence-electron chi connectivity index (χ4n) is 1.93. The molecule has 2 nitrogen and oxygen atoms in total. The van der Waals surface area contributed by atoms with Gasteiger partial charge in [0.1, 0.15) is 10.8 Å². The van der Waals surface area contributed by atoms with Gasteiger partial charge < -0.3 is 0 Å². The zero-order valence-corrected chi connectivity index (χ0v) is 13.0. The number of hydrogen-bond donors (Lipinski definition) is 0. The van der Waals surface area contributed by atoms with E-state index in [0.29, 0.717) is 0 Å². The Morgan fingerprint density at radius 2 is 1.95 bits per heavy atom. The standard InChI is InChI=1S/C16H13FN2S2/c1-2-20-15-9-12(7-8-18-15)16-19-14(10-21-16)11-3-5-13(17)6-4-11/h3-10H,2H2,1H3. The highest BCUT2D eigenvalue weighted by Gasteiger charge is 2.08. The zero-order chi connectivity index (χ0) is 14.7. The van der Waals surface area contributed by atoms with Gasteiger partial charge in [0.25, 0.3) is 0 Å². The summed E-state index contributed by atoms with van der Waals surface area (Å²) in [5.74, 6) is 0.763. The first-order chi connectivity index (χ1) is 10.3. The Hall–Kier alpha value is -1.72. The lowest BCUT2D eigenvalue weighted by Crippen LogP contribution is -1.84. The molecule has 0 unspecified atom stereocenters. The molecule has 0 aliphatic rings. The molecule has 2 aromatic heterocycles. The molecular weight excluding hydrogens is 303 g/mol. The molecule has 5 heteroatoms. The van der Waals surface area contributed by atoms with Gasteiger partial charge in [-0.2, -0.15) is 0 Å². The number of halogens is 1. The summed E-state index contributed by atoms with van der Waals surface area (Å²) in [6, 6.07) is 10.4. The number of thioether (sulfide) groups is 1. The summed E-state index contributed by atoms with van der Waals surface area (Å²) in [7, 11) is 0. The Kier molecular flexibility index (Phi) is 4.31. The van der Waals surface area contributed by atoms with Gasteiger partial charge in [-0.05, 0) is 42.2 Å². The van der Waals surface area contributed by atoms with Crippen LogP contribution >= 0.6 is 23.1 Å². The SMILES string of the molecule is CCSc1cc(-c2nc(-c3ccc(F)cc3)cs2)ccn1. The van der Waals surface area contributed by atoms with E-state index in [0.717, 1.165) is 32.6 Å². The van der Waals surface area contributed by atoms with E-state index in [1.807, 2.05) is 17.6 Å². The van der Waals surface area contributed by atoms with Crippen molar-refractivity contribution in [2.45, 2.75) is 11.9 Å². The molecule has 0 amide bonds. The molecule has 0 atom stereocenters. The molecule has 0 bridgehead atoms. The van der Waals surface area contributed by atoms with E-state index in [-0.39, 0.29) is 5.82 Å². The quantitative estimate of drug-likeness (QED) is 0.625. The van der Waals surface area contributed by atoms with Crippen LogP contribution in [0.25, 0.3) is 21.8 Å². The molecule has 0 saturated carbocycles. The molecule has 1 aromatic carbocycles. The van der Waals surface area contributed by atoms with Crippen molar-refractivity contribution in [3.63, 3.8) is 0 Å². The number of aromatic nitrogens is 2. The highest BCUT2D eigenvalue weighted by molar-refractivity contribution is 7.99. The third kappa shape index (κ3) is 3.31. The maximum absolute atomic E-state index is 13.0. The molecule has 3 aromatic rings. The highest BCUT2D eigenvalue weighted by Crippen LogP contribution is 2.30. The van der Waals surface area contributed by atoms with E-state index >= 15 is 0 Å². The molecule has 2 heterocycles. The number of nitrogens with zero attached hydrogens (tertiary/aromatic N) is 2. The van der Waals surface area contributed by atoms with Gasteiger partial charge in [0.2, 0.25) is 0 Å². The van der Waals surface area contributed by atoms with Gasteiger partial charge in [-0.15, -0.1) is 23.1 Å². The van der Waals surface area contributed by atoms with Gasteiger partial charge in [0, 0.05) is 22.7 Å². The van der Waals surface area contributed by atoms with Crippen LogP contribution in [0.2, 0.25) is 0 Å². The maximum Gasteiger partial charge on any atom is 0.124 e. The smallest absolute Gasteiger partial charge is 0.124 e. The van der Waals surface area contributed by atoms with E-state index < -0.39 is 0 Å². The third-order valence-electron chi connectivity index (χ3n) is 2.92. The summed E-state index contributed by atoms with van der Waals surface area (Å²) < 4.78 is 13.0. The Balaban J connectivity index is 1.91. The summed E-state index contributed by atoms with van der Waals surface area (Å²) >= 11 is 3.30. The van der Waals surface area contributed by atoms with Gasteiger partial charge in [0.15, 0.2) is 0 Å². The number of rotatable bonds is 4. The van der Waals surface area contributed by atoms with Crippen LogP contribution in [-0.4, -0.2) is 15.7 Å². The van der Waals surface area contributed by atoms with Crippen LogP contribution in [0, 0.1) is 5.82 Å². The molecule has 21 heavy (non-hydrogen) atoms. The minimum absolute atomic E-state index is 0.232. The fraction of sp³-hybridized carbons (Fsp3) is 0.125. The average Bonchev–Trinajstić information content (AvgIpc) is 2.98. The van der Waals surface area contributed by atoms with Crippen molar-refractivity contribution >= 4 is 23.1 Å². The lowest BCUT2D eigenvalue weighted by molar-refractivity contribution is 0.628. The van der Waals surface area contributed by atoms with Crippen molar-refractivity contribution in [3.05, 3.63) is 53.8 Å². The number of thiazole rings is 1. The van der Waals surface area contributed by atoms with E-state index in [2.05, 4.69) is 23.0 Å². The molecule has 0 spiro atoms. The first-order valence-corrected chi connectivity index (χ1v) is 8.43. The van der Waals surface area contributed by atoms with Crippen molar-refractivity contribution in [1.29, 1.82) is 0 Å². The summed E-state index contributed by atoms with van der Waals surface area (Å²) in [6.07, 6.45) is 1.81. The summed E-state index contributed by atoms with van der Waals surface area (Å²) in [4.78, 5) is 8.97. The van der Waals surface area contributed by atoms with E-state index in [9.17, 15) is 4.39 Å². The van der Waals surface area contributed by atoms with Crippen LogP contribution < -0.4 is 0 Å². The number of pyridine rings is 1. The van der Waals surface area contributed by atoms with Crippen LogP contribution in [-0.2, 0) is 0 Å². The average molecular weight is 316 g/mol. The summed E-state index contributed by atoms with van der Waals surface area (Å²) in [5, 5.41) is 3.96. The molecule has 0 aliphatic heterocycles. The first kappa shape index (κ1) is 14.2. The summed E-state index contributed by atoms with van der Waals surface area (Å²) in [5.41, 5.74) is 2.87. The van der Waals surface area contributed by atoms with Gasteiger partial charge >= 0.3 is 0 Å². The molecule has 3 rings (SSSR count). The molecule has 0 N–H and O–H groups in total. The van der Waals surface area contributed by atoms with Crippen LogP contribution in [0.1, 0.15) is 6.92 Å². The minimum atomic E-state index is -0.232. The summed E-state index contributed by atoms with van der Waals surface area (Å²) in [6.45, 7) is 2.11. The van der Waals surface area contributed by atoms with E-state index in [1.54, 1.807) is 35.2 Å². The molecule has 0 saturated heterocycles. The Morgan fingerprint density at radius 1 is 1.14 bits per heavy atom. The third-order valence-corrected chi connectivity index (χ3v) is 4.62. The van der Waals surface area contributed by atoms with E-state index in [1.165, 1.54) is 12.1 Å². The second-order valence-corrected chi connectivity index (χ2v) is 6.50. The molecule has 0 radical (unpaired) electrons. The minimum Gasteiger partial charge on any atom is -0.250 e. The Morgan fingerprint density at radius 3 is 2.71 bits per heavy atom. The highest BCUT2D eigenvalue weighted by atomic mass is 32.2. The molecule has 106 valence electrons. The van der Waals surface area contributed by atoms with Gasteiger partial charge in [-0.3, -0.25) is 0 Å². The number of benzene rings is 1. The molecule has 0 fully saturated rings. The van der Waals surface area contributed by atoms with E-state index in [4.69, 9.17) is 0 Å². The lowest BCUT2D eigenvalue weighted by Gasteiger charge is -2.00. The van der Waals surface area contributed by atoms with Crippen LogP contribution in [0.4, 0.5) is 4.39 Å². The second kappa shape index (κ2) is 6.37. The second-order valence-electron chi connectivity index (χ2n) is 4.36. The predicted octanol–water partition coefficient (Wildman–Crippen LogP) is 5.12. The normalized spacial score (nSPS) is 10.8.